The Labute approximate surface area is 110 Å². The van der Waals surface area contributed by atoms with E-state index in [1.54, 1.807) is 6.07 Å². The van der Waals surface area contributed by atoms with Gasteiger partial charge < -0.3 is 5.11 Å². The second kappa shape index (κ2) is 5.36. The number of halogens is 2. The van der Waals surface area contributed by atoms with Crippen LogP contribution in [0.2, 0.25) is 5.02 Å². The number of rotatable bonds is 4. The minimum atomic E-state index is -0.963. The summed E-state index contributed by atoms with van der Waals surface area (Å²) < 4.78 is 13.2. The number of benzene rings is 1. The van der Waals surface area contributed by atoms with Gasteiger partial charge in [-0.15, -0.1) is 5.10 Å². The molecule has 1 aromatic carbocycles. The lowest BCUT2D eigenvalue weighted by Crippen LogP contribution is -1.97. The van der Waals surface area contributed by atoms with Crippen LogP contribution in [0.4, 0.5) is 4.39 Å². The lowest BCUT2D eigenvalue weighted by Gasteiger charge is -1.99. The highest BCUT2D eigenvalue weighted by Crippen LogP contribution is 2.28. The second-order valence-electron chi connectivity index (χ2n) is 3.25. The van der Waals surface area contributed by atoms with Crippen molar-refractivity contribution in [1.29, 1.82) is 0 Å². The predicted octanol–water partition coefficient (Wildman–Crippen LogP) is 2.44. The maximum absolute atomic E-state index is 13.2. The fourth-order valence-electron chi connectivity index (χ4n) is 1.24. The van der Waals surface area contributed by atoms with Gasteiger partial charge in [-0.25, -0.2) is 9.37 Å². The molecule has 0 bridgehead atoms. The van der Waals surface area contributed by atoms with Crippen molar-refractivity contribution in [3.8, 4) is 11.4 Å². The van der Waals surface area contributed by atoms with Crippen molar-refractivity contribution >= 4 is 29.3 Å². The highest BCUT2D eigenvalue weighted by Gasteiger charge is 2.12. The monoisotopic (exact) mass is 287 g/mol. The number of H-pyrrole nitrogens is 1. The van der Waals surface area contributed by atoms with Crippen molar-refractivity contribution in [3.63, 3.8) is 0 Å². The molecule has 0 aliphatic carbocycles. The zero-order chi connectivity index (χ0) is 13.1. The van der Waals surface area contributed by atoms with Crippen molar-refractivity contribution in [1.82, 2.24) is 15.2 Å². The zero-order valence-electron chi connectivity index (χ0n) is 8.85. The number of hydrogen-bond donors (Lipinski definition) is 2. The van der Waals surface area contributed by atoms with Crippen LogP contribution < -0.4 is 0 Å². The van der Waals surface area contributed by atoms with Crippen LogP contribution >= 0.6 is 23.4 Å². The first-order valence-corrected chi connectivity index (χ1v) is 6.15. The van der Waals surface area contributed by atoms with Crippen LogP contribution in [-0.4, -0.2) is 32.0 Å². The smallest absolute Gasteiger partial charge is 0.313 e. The quantitative estimate of drug-likeness (QED) is 0.845. The molecule has 0 aliphatic rings. The van der Waals surface area contributed by atoms with Crippen molar-refractivity contribution < 1.29 is 14.3 Å². The number of thioether (sulfide) groups is 1. The molecule has 0 unspecified atom stereocenters. The van der Waals surface area contributed by atoms with Gasteiger partial charge in [-0.3, -0.25) is 9.89 Å². The molecule has 94 valence electrons. The van der Waals surface area contributed by atoms with Crippen molar-refractivity contribution in [2.75, 3.05) is 5.75 Å². The van der Waals surface area contributed by atoms with Gasteiger partial charge in [0, 0.05) is 5.56 Å². The Balaban J connectivity index is 2.24. The van der Waals surface area contributed by atoms with Gasteiger partial charge in [-0.1, -0.05) is 29.4 Å². The first kappa shape index (κ1) is 12.8. The van der Waals surface area contributed by atoms with Gasteiger partial charge in [0.05, 0.1) is 10.8 Å². The molecule has 2 rings (SSSR count). The molecule has 0 aliphatic heterocycles. The van der Waals surface area contributed by atoms with Crippen molar-refractivity contribution in [2.45, 2.75) is 5.16 Å². The minimum absolute atomic E-state index is 0.0524. The van der Waals surface area contributed by atoms with Gasteiger partial charge in [0.25, 0.3) is 0 Å². The summed E-state index contributed by atoms with van der Waals surface area (Å²) in [5.74, 6) is -1.36. The molecule has 0 saturated heterocycles. The summed E-state index contributed by atoms with van der Waals surface area (Å²) in [5, 5.41) is 15.1. The van der Waals surface area contributed by atoms with E-state index in [4.69, 9.17) is 16.7 Å². The van der Waals surface area contributed by atoms with E-state index in [-0.39, 0.29) is 15.9 Å². The van der Waals surface area contributed by atoms with E-state index in [1.165, 1.54) is 12.1 Å². The highest BCUT2D eigenvalue weighted by molar-refractivity contribution is 7.99. The first-order valence-electron chi connectivity index (χ1n) is 4.79. The molecule has 0 saturated carbocycles. The number of carboxylic acids is 1. The molecule has 0 atom stereocenters. The molecule has 0 radical (unpaired) electrons. The lowest BCUT2D eigenvalue weighted by atomic mass is 10.2. The van der Waals surface area contributed by atoms with E-state index in [0.717, 1.165) is 11.8 Å². The molecule has 18 heavy (non-hydrogen) atoms. The highest BCUT2D eigenvalue weighted by atomic mass is 35.5. The van der Waals surface area contributed by atoms with Crippen LogP contribution in [-0.2, 0) is 4.79 Å². The third-order valence-electron chi connectivity index (χ3n) is 2.00. The number of aliphatic carboxylic acids is 1. The largest absolute Gasteiger partial charge is 0.481 e. The van der Waals surface area contributed by atoms with Gasteiger partial charge in [0.2, 0.25) is 5.16 Å². The van der Waals surface area contributed by atoms with Crippen molar-refractivity contribution in [3.05, 3.63) is 29.0 Å². The number of nitrogens with one attached hydrogen (secondary N) is 1. The van der Waals surface area contributed by atoms with Crippen LogP contribution in [0.1, 0.15) is 0 Å². The summed E-state index contributed by atoms with van der Waals surface area (Å²) in [6.07, 6.45) is 0. The molecule has 0 spiro atoms. The van der Waals surface area contributed by atoms with Gasteiger partial charge in [-0.05, 0) is 12.1 Å². The topological polar surface area (TPSA) is 78.9 Å². The Morgan fingerprint density at radius 3 is 3.06 bits per heavy atom. The normalized spacial score (nSPS) is 10.6. The summed E-state index contributed by atoms with van der Waals surface area (Å²) in [7, 11) is 0. The minimum Gasteiger partial charge on any atom is -0.481 e. The van der Waals surface area contributed by atoms with Crippen LogP contribution in [0.3, 0.4) is 0 Å². The summed E-state index contributed by atoms with van der Waals surface area (Å²) in [4.78, 5) is 14.4. The third kappa shape index (κ3) is 2.80. The molecule has 0 fully saturated rings. The standard InChI is InChI=1S/C10H7ClFN3O2S/c11-8-5(2-1-3-6(8)12)9-13-10(15-14-9)18-4-7(16)17/h1-3H,4H2,(H,16,17)(H,13,14,15). The van der Waals surface area contributed by atoms with Gasteiger partial charge in [0.1, 0.15) is 5.82 Å². The molecule has 5 nitrogen and oxygen atoms in total. The molecule has 2 aromatic rings. The number of carboxylic acid groups (broad SMARTS) is 1. The fraction of sp³-hybridized carbons (Fsp3) is 0.100. The molecule has 2 N–H and O–H groups in total. The molecule has 8 heteroatoms. The van der Waals surface area contributed by atoms with E-state index in [1.807, 2.05) is 0 Å². The number of nitrogens with zero attached hydrogens (tertiary/aromatic N) is 2. The first-order chi connectivity index (χ1) is 8.58. The van der Waals surface area contributed by atoms with Gasteiger partial charge in [-0.2, -0.15) is 0 Å². The molecular formula is C10H7ClFN3O2S. The van der Waals surface area contributed by atoms with Gasteiger partial charge in [0.15, 0.2) is 5.82 Å². The molecular weight excluding hydrogens is 281 g/mol. The average Bonchev–Trinajstić information content (AvgIpc) is 2.78. The van der Waals surface area contributed by atoms with Crippen LogP contribution in [0.5, 0.6) is 0 Å². The number of aromatic nitrogens is 3. The third-order valence-corrected chi connectivity index (χ3v) is 3.21. The van der Waals surface area contributed by atoms with Crippen LogP contribution in [0.25, 0.3) is 11.4 Å². The Kier molecular flexibility index (Phi) is 3.83. The zero-order valence-corrected chi connectivity index (χ0v) is 10.4. The SMILES string of the molecule is O=C(O)CSc1n[nH]c(-c2cccc(F)c2Cl)n1. The molecule has 0 amide bonds. The average molecular weight is 288 g/mol. The summed E-state index contributed by atoms with van der Waals surface area (Å²) in [6, 6.07) is 4.34. The van der Waals surface area contributed by atoms with E-state index in [9.17, 15) is 9.18 Å². The Bertz CT molecular complexity index is 590. The van der Waals surface area contributed by atoms with Crippen LogP contribution in [0, 0.1) is 5.82 Å². The van der Waals surface area contributed by atoms with E-state index < -0.39 is 11.8 Å². The summed E-state index contributed by atoms with van der Waals surface area (Å²) in [5.41, 5.74) is 0.381. The number of carbonyl (C=O) groups is 1. The fourth-order valence-corrected chi connectivity index (χ4v) is 1.98. The maximum atomic E-state index is 13.2. The predicted molar refractivity (Wildman–Crippen MR) is 65.1 cm³/mol. The second-order valence-corrected chi connectivity index (χ2v) is 4.57. The van der Waals surface area contributed by atoms with Crippen molar-refractivity contribution in [2.24, 2.45) is 0 Å². The Morgan fingerprint density at radius 1 is 1.56 bits per heavy atom. The van der Waals surface area contributed by atoms with E-state index in [0.29, 0.717) is 11.4 Å². The lowest BCUT2D eigenvalue weighted by molar-refractivity contribution is -0.133. The maximum Gasteiger partial charge on any atom is 0.313 e. The Morgan fingerprint density at radius 2 is 2.33 bits per heavy atom. The summed E-state index contributed by atoms with van der Waals surface area (Å²) >= 11 is 6.77. The van der Waals surface area contributed by atoms with Gasteiger partial charge >= 0.3 is 5.97 Å². The van der Waals surface area contributed by atoms with E-state index >= 15 is 0 Å². The number of hydrogen-bond acceptors (Lipinski definition) is 4. The number of aromatic amines is 1. The summed E-state index contributed by atoms with van der Waals surface area (Å²) in [6.45, 7) is 0. The molecule has 1 aromatic heterocycles. The Hall–Kier alpha value is -1.60. The van der Waals surface area contributed by atoms with Crippen LogP contribution in [0.15, 0.2) is 23.4 Å². The molecule has 1 heterocycles. The van der Waals surface area contributed by atoms with E-state index in [2.05, 4.69) is 15.2 Å².